The molecule has 3 rings (SSSR count). The summed E-state index contributed by atoms with van der Waals surface area (Å²) in [6.45, 7) is 2.88. The molecule has 5 nitrogen and oxygen atoms in total. The van der Waals surface area contributed by atoms with Gasteiger partial charge in [-0.25, -0.2) is 9.18 Å². The summed E-state index contributed by atoms with van der Waals surface area (Å²) in [5.41, 5.74) is 2.08. The lowest BCUT2D eigenvalue weighted by atomic mass is 10.1. The van der Waals surface area contributed by atoms with Crippen LogP contribution in [-0.2, 0) is 11.3 Å². The number of ether oxygens (including phenoxy) is 1. The molecule has 0 spiro atoms. The third kappa shape index (κ3) is 3.65. The molecule has 1 aliphatic rings. The number of benzene rings is 2. The normalized spacial score (nSPS) is 14.5. The lowest BCUT2D eigenvalue weighted by Gasteiger charge is -2.29. The Kier molecular flexibility index (Phi) is 4.96. The third-order valence-corrected chi connectivity index (χ3v) is 4.03. The number of anilines is 2. The maximum absolute atomic E-state index is 14.4. The van der Waals surface area contributed by atoms with E-state index in [0.29, 0.717) is 49.8 Å². The Morgan fingerprint density at radius 1 is 1.21 bits per heavy atom. The largest absolute Gasteiger partial charge is 0.478 e. The molecule has 0 amide bonds. The first-order chi connectivity index (χ1) is 11.6. The number of nitrogens with zero attached hydrogens (tertiary/aromatic N) is 1. The van der Waals surface area contributed by atoms with Crippen LogP contribution in [0, 0.1) is 5.82 Å². The summed E-state index contributed by atoms with van der Waals surface area (Å²) in [5, 5.41) is 12.3. The van der Waals surface area contributed by atoms with Gasteiger partial charge in [-0.3, -0.25) is 0 Å². The Bertz CT molecular complexity index is 730. The molecule has 0 atom stereocenters. The minimum atomic E-state index is -0.971. The molecule has 0 saturated carbocycles. The molecular weight excluding hydrogens is 311 g/mol. The molecule has 1 fully saturated rings. The number of carboxylic acids is 1. The number of rotatable bonds is 5. The van der Waals surface area contributed by atoms with E-state index in [9.17, 15) is 14.3 Å². The summed E-state index contributed by atoms with van der Waals surface area (Å²) in [6.07, 6.45) is 0. The van der Waals surface area contributed by atoms with Crippen LogP contribution < -0.4 is 10.2 Å². The molecule has 1 saturated heterocycles. The minimum absolute atomic E-state index is 0.246. The molecule has 0 unspecified atom stereocenters. The number of hydrogen-bond acceptors (Lipinski definition) is 4. The smallest absolute Gasteiger partial charge is 0.336 e. The van der Waals surface area contributed by atoms with E-state index in [0.717, 1.165) is 0 Å². The maximum atomic E-state index is 14.4. The molecule has 126 valence electrons. The molecule has 2 aromatic carbocycles. The van der Waals surface area contributed by atoms with Crippen LogP contribution in [0.5, 0.6) is 0 Å². The van der Waals surface area contributed by atoms with Gasteiger partial charge in [-0.1, -0.05) is 18.2 Å². The second-order valence-electron chi connectivity index (χ2n) is 5.58. The van der Waals surface area contributed by atoms with E-state index in [1.54, 1.807) is 36.4 Å². The van der Waals surface area contributed by atoms with Gasteiger partial charge in [0.05, 0.1) is 24.5 Å². The van der Waals surface area contributed by atoms with Crippen molar-refractivity contribution in [3.8, 4) is 0 Å². The van der Waals surface area contributed by atoms with Crippen LogP contribution in [-0.4, -0.2) is 37.4 Å². The van der Waals surface area contributed by atoms with Crippen LogP contribution >= 0.6 is 0 Å². The lowest BCUT2D eigenvalue weighted by Crippen LogP contribution is -2.36. The van der Waals surface area contributed by atoms with E-state index in [2.05, 4.69) is 5.32 Å². The summed E-state index contributed by atoms with van der Waals surface area (Å²) in [4.78, 5) is 13.2. The highest BCUT2D eigenvalue weighted by Crippen LogP contribution is 2.24. The van der Waals surface area contributed by atoms with Crippen molar-refractivity contribution in [1.29, 1.82) is 0 Å². The van der Waals surface area contributed by atoms with E-state index < -0.39 is 5.97 Å². The molecule has 2 aromatic rings. The summed E-state index contributed by atoms with van der Waals surface area (Å²) >= 11 is 0. The van der Waals surface area contributed by atoms with Gasteiger partial charge in [-0.05, 0) is 29.8 Å². The van der Waals surface area contributed by atoms with Crippen molar-refractivity contribution in [1.82, 2.24) is 0 Å². The zero-order valence-corrected chi connectivity index (χ0v) is 13.2. The van der Waals surface area contributed by atoms with Gasteiger partial charge in [0.1, 0.15) is 5.82 Å². The highest BCUT2D eigenvalue weighted by atomic mass is 19.1. The molecule has 0 radical (unpaired) electrons. The summed E-state index contributed by atoms with van der Waals surface area (Å²) < 4.78 is 19.6. The zero-order chi connectivity index (χ0) is 16.9. The first-order valence-electron chi connectivity index (χ1n) is 7.82. The fourth-order valence-corrected chi connectivity index (χ4v) is 2.76. The Morgan fingerprint density at radius 2 is 1.96 bits per heavy atom. The Balaban J connectivity index is 1.70. The van der Waals surface area contributed by atoms with Crippen LogP contribution in [0.1, 0.15) is 15.9 Å². The molecular formula is C18H19FN2O3. The third-order valence-electron chi connectivity index (χ3n) is 4.03. The van der Waals surface area contributed by atoms with E-state index >= 15 is 0 Å². The first kappa shape index (κ1) is 16.3. The standard InChI is InChI=1S/C18H19FN2O3/c19-16-11-14(5-6-17(16)21-7-9-24-10-8-21)20-12-13-3-1-2-4-15(13)18(22)23/h1-6,11,20H,7-10,12H2,(H,22,23). The predicted octanol–water partition coefficient (Wildman–Crippen LogP) is 2.97. The zero-order valence-electron chi connectivity index (χ0n) is 13.2. The molecule has 0 bridgehead atoms. The molecule has 24 heavy (non-hydrogen) atoms. The number of halogens is 1. The van der Waals surface area contributed by atoms with Crippen molar-refractivity contribution in [2.45, 2.75) is 6.54 Å². The Labute approximate surface area is 139 Å². The summed E-state index contributed by atoms with van der Waals surface area (Å²) in [6, 6.07) is 11.8. The van der Waals surface area contributed by atoms with Crippen molar-refractivity contribution in [3.63, 3.8) is 0 Å². The van der Waals surface area contributed by atoms with Gasteiger partial charge in [-0.15, -0.1) is 0 Å². The first-order valence-corrected chi connectivity index (χ1v) is 7.82. The second-order valence-corrected chi connectivity index (χ2v) is 5.58. The van der Waals surface area contributed by atoms with Crippen molar-refractivity contribution >= 4 is 17.3 Å². The van der Waals surface area contributed by atoms with Crippen LogP contribution in [0.15, 0.2) is 42.5 Å². The van der Waals surface area contributed by atoms with Crippen molar-refractivity contribution < 1.29 is 19.0 Å². The SMILES string of the molecule is O=C(O)c1ccccc1CNc1ccc(N2CCOCC2)c(F)c1. The van der Waals surface area contributed by atoms with E-state index in [1.165, 1.54) is 6.07 Å². The van der Waals surface area contributed by atoms with Crippen molar-refractivity contribution in [2.75, 3.05) is 36.5 Å². The number of morpholine rings is 1. The number of nitrogens with one attached hydrogen (secondary N) is 1. The fourth-order valence-electron chi connectivity index (χ4n) is 2.76. The monoisotopic (exact) mass is 330 g/mol. The number of hydrogen-bond donors (Lipinski definition) is 2. The van der Waals surface area contributed by atoms with Crippen LogP contribution in [0.2, 0.25) is 0 Å². The quantitative estimate of drug-likeness (QED) is 0.882. The summed E-state index contributed by atoms with van der Waals surface area (Å²) in [7, 11) is 0. The molecule has 1 aliphatic heterocycles. The van der Waals surface area contributed by atoms with Crippen LogP contribution in [0.25, 0.3) is 0 Å². The van der Waals surface area contributed by atoms with Gasteiger partial charge in [0.2, 0.25) is 0 Å². The number of aromatic carboxylic acids is 1. The Hall–Kier alpha value is -2.60. The number of carbonyl (C=O) groups is 1. The van der Waals surface area contributed by atoms with Crippen LogP contribution in [0.3, 0.4) is 0 Å². The molecule has 0 aromatic heterocycles. The average Bonchev–Trinajstić information content (AvgIpc) is 2.61. The fraction of sp³-hybridized carbons (Fsp3) is 0.278. The van der Waals surface area contributed by atoms with Crippen molar-refractivity contribution in [3.05, 3.63) is 59.4 Å². The maximum Gasteiger partial charge on any atom is 0.336 e. The van der Waals surface area contributed by atoms with E-state index in [1.807, 2.05) is 4.90 Å². The number of carboxylic acid groups (broad SMARTS) is 1. The van der Waals surface area contributed by atoms with E-state index in [4.69, 9.17) is 4.74 Å². The van der Waals surface area contributed by atoms with Gasteiger partial charge in [0.25, 0.3) is 0 Å². The van der Waals surface area contributed by atoms with Gasteiger partial charge in [0, 0.05) is 25.3 Å². The molecule has 6 heteroatoms. The van der Waals surface area contributed by atoms with E-state index in [-0.39, 0.29) is 11.4 Å². The highest BCUT2D eigenvalue weighted by molar-refractivity contribution is 5.89. The van der Waals surface area contributed by atoms with Gasteiger partial charge < -0.3 is 20.1 Å². The minimum Gasteiger partial charge on any atom is -0.478 e. The highest BCUT2D eigenvalue weighted by Gasteiger charge is 2.15. The van der Waals surface area contributed by atoms with Gasteiger partial charge in [0.15, 0.2) is 0 Å². The predicted molar refractivity (Wildman–Crippen MR) is 90.2 cm³/mol. The van der Waals surface area contributed by atoms with Gasteiger partial charge in [-0.2, -0.15) is 0 Å². The van der Waals surface area contributed by atoms with Gasteiger partial charge >= 0.3 is 5.97 Å². The second kappa shape index (κ2) is 7.31. The lowest BCUT2D eigenvalue weighted by molar-refractivity contribution is 0.0696. The topological polar surface area (TPSA) is 61.8 Å². The molecule has 0 aliphatic carbocycles. The molecule has 1 heterocycles. The van der Waals surface area contributed by atoms with Crippen molar-refractivity contribution in [2.24, 2.45) is 0 Å². The molecule has 2 N–H and O–H groups in total. The average molecular weight is 330 g/mol. The van der Waals surface area contributed by atoms with Crippen LogP contribution in [0.4, 0.5) is 15.8 Å². The summed E-state index contributed by atoms with van der Waals surface area (Å²) in [5.74, 6) is -1.27. The Morgan fingerprint density at radius 3 is 2.67 bits per heavy atom.